The van der Waals surface area contributed by atoms with Crippen LogP contribution in [0.15, 0.2) is 54.6 Å². The number of fused-ring (bicyclic) bond motifs is 3. The molecule has 0 unspecified atom stereocenters. The molecule has 4 rings (SSSR count). The molecule has 0 saturated carbocycles. The maximum Gasteiger partial charge on any atom is 0.246 e. The summed E-state index contributed by atoms with van der Waals surface area (Å²) in [7, 11) is 0. The highest BCUT2D eigenvalue weighted by molar-refractivity contribution is 5.98. The van der Waals surface area contributed by atoms with Gasteiger partial charge in [-0.05, 0) is 36.0 Å². The Labute approximate surface area is 237 Å². The lowest BCUT2D eigenvalue weighted by Gasteiger charge is -2.38. The lowest BCUT2D eigenvalue weighted by molar-refractivity contribution is -0.138. The number of hydrogen-bond donors (Lipinski definition) is 6. The Morgan fingerprint density at radius 2 is 1.63 bits per heavy atom. The quantitative estimate of drug-likeness (QED) is 0.201. The van der Waals surface area contributed by atoms with Crippen LogP contribution in [0.3, 0.4) is 0 Å². The maximum absolute atomic E-state index is 14.1. The van der Waals surface area contributed by atoms with E-state index in [2.05, 4.69) is 20.9 Å². The minimum atomic E-state index is -1.34. The summed E-state index contributed by atoms with van der Waals surface area (Å²) in [4.78, 5) is 67.3. The van der Waals surface area contributed by atoms with Gasteiger partial charge < -0.3 is 32.4 Å². The topological polar surface area (TPSA) is 189 Å². The van der Waals surface area contributed by atoms with Gasteiger partial charge in [0.15, 0.2) is 0 Å². The summed E-state index contributed by atoms with van der Waals surface area (Å²) in [5.74, 6) is -3.66. The number of rotatable bonds is 11. The van der Waals surface area contributed by atoms with Crippen molar-refractivity contribution in [1.82, 2.24) is 20.9 Å². The molecule has 11 nitrogen and oxygen atoms in total. The second-order valence-electron chi connectivity index (χ2n) is 10.9. The number of amides is 5. The van der Waals surface area contributed by atoms with Crippen LogP contribution in [0.1, 0.15) is 43.5 Å². The standard InChI is InChI=1S/C30H36N6O5/c1-17(2)26(28(40)34-23(27(32)39)15-24(31)37)35-29(41)30(36-25(38)14-18-8-4-3-5-9-18)13-12-22-20(16-30)19-10-6-7-11-21(19)33-22/h3-11,17,23,26,33H,12-16H2,1-2H3,(H2,31,37)(H2,32,39)(H,34,40)(H,35,41)(H,36,38)/t23-,26-,30+/m0/s1. The van der Waals surface area contributed by atoms with Crippen molar-refractivity contribution in [1.29, 1.82) is 0 Å². The minimum absolute atomic E-state index is 0.0815. The number of para-hydroxylation sites is 1. The van der Waals surface area contributed by atoms with Gasteiger partial charge in [0.05, 0.1) is 12.8 Å². The van der Waals surface area contributed by atoms with Gasteiger partial charge in [-0.25, -0.2) is 0 Å². The van der Waals surface area contributed by atoms with E-state index in [-0.39, 0.29) is 18.7 Å². The molecule has 8 N–H and O–H groups in total. The van der Waals surface area contributed by atoms with E-state index in [4.69, 9.17) is 11.5 Å². The van der Waals surface area contributed by atoms with Crippen LogP contribution in [0.25, 0.3) is 10.9 Å². The molecule has 0 aliphatic heterocycles. The van der Waals surface area contributed by atoms with E-state index in [1.54, 1.807) is 13.8 Å². The molecule has 11 heteroatoms. The predicted octanol–water partition coefficient (Wildman–Crippen LogP) is 0.741. The zero-order valence-corrected chi connectivity index (χ0v) is 23.2. The third-order valence-corrected chi connectivity index (χ3v) is 7.50. The Balaban J connectivity index is 1.63. The first-order valence-electron chi connectivity index (χ1n) is 13.6. The van der Waals surface area contributed by atoms with Crippen LogP contribution in [0.4, 0.5) is 0 Å². The predicted molar refractivity (Wildman–Crippen MR) is 153 cm³/mol. The van der Waals surface area contributed by atoms with Gasteiger partial charge in [0, 0.05) is 23.0 Å². The number of primary amides is 2. The van der Waals surface area contributed by atoms with Crippen LogP contribution in [-0.4, -0.2) is 52.1 Å². The van der Waals surface area contributed by atoms with Gasteiger partial charge >= 0.3 is 0 Å². The first-order chi connectivity index (χ1) is 19.5. The third-order valence-electron chi connectivity index (χ3n) is 7.50. The lowest BCUT2D eigenvalue weighted by Crippen LogP contribution is -2.65. The number of nitrogens with two attached hydrogens (primary N) is 2. The van der Waals surface area contributed by atoms with Gasteiger partial charge in [-0.3, -0.25) is 24.0 Å². The SMILES string of the molecule is CC(C)[C@H](NC(=O)[C@@]1(NC(=O)Cc2ccccc2)CCc2[nH]c3ccccc3c2C1)C(=O)N[C@@H](CC(N)=O)C(N)=O. The highest BCUT2D eigenvalue weighted by atomic mass is 16.2. The fraction of sp³-hybridized carbons (Fsp3) is 0.367. The Hall–Kier alpha value is -4.67. The first kappa shape index (κ1) is 29.3. The zero-order valence-electron chi connectivity index (χ0n) is 23.2. The largest absolute Gasteiger partial charge is 0.370 e. The highest BCUT2D eigenvalue weighted by Crippen LogP contribution is 2.34. The molecular formula is C30H36N6O5. The van der Waals surface area contributed by atoms with E-state index in [0.29, 0.717) is 12.8 Å². The molecule has 0 bridgehead atoms. The molecule has 5 amide bonds. The van der Waals surface area contributed by atoms with E-state index in [9.17, 15) is 24.0 Å². The van der Waals surface area contributed by atoms with E-state index in [1.165, 1.54) is 0 Å². The van der Waals surface area contributed by atoms with Crippen molar-refractivity contribution in [3.8, 4) is 0 Å². The number of carbonyl (C=O) groups excluding carboxylic acids is 5. The number of nitrogens with one attached hydrogen (secondary N) is 4. The van der Waals surface area contributed by atoms with Gasteiger partial charge in [0.2, 0.25) is 29.5 Å². The Bertz CT molecular complexity index is 1470. The summed E-state index contributed by atoms with van der Waals surface area (Å²) >= 11 is 0. The number of carbonyl (C=O) groups is 5. The molecule has 41 heavy (non-hydrogen) atoms. The molecular weight excluding hydrogens is 524 g/mol. The van der Waals surface area contributed by atoms with E-state index >= 15 is 0 Å². The van der Waals surface area contributed by atoms with Gasteiger partial charge in [-0.1, -0.05) is 62.4 Å². The van der Waals surface area contributed by atoms with Crippen molar-refractivity contribution in [2.45, 2.75) is 63.6 Å². The Kier molecular flexibility index (Phi) is 8.75. The molecule has 3 aromatic rings. The summed E-state index contributed by atoms with van der Waals surface area (Å²) in [5.41, 5.74) is 12.9. The summed E-state index contributed by atoms with van der Waals surface area (Å²) < 4.78 is 0. The van der Waals surface area contributed by atoms with Crippen molar-refractivity contribution in [3.05, 3.63) is 71.4 Å². The highest BCUT2D eigenvalue weighted by Gasteiger charge is 2.45. The fourth-order valence-corrected chi connectivity index (χ4v) is 5.35. The third kappa shape index (κ3) is 6.74. The van der Waals surface area contributed by atoms with Crippen LogP contribution >= 0.6 is 0 Å². The van der Waals surface area contributed by atoms with Crippen molar-refractivity contribution < 1.29 is 24.0 Å². The van der Waals surface area contributed by atoms with Crippen LogP contribution in [0, 0.1) is 5.92 Å². The molecule has 0 spiro atoms. The molecule has 1 heterocycles. The Morgan fingerprint density at radius 1 is 0.951 bits per heavy atom. The van der Waals surface area contributed by atoms with Crippen LogP contribution in [0.2, 0.25) is 0 Å². The normalized spacial score (nSPS) is 17.7. The summed E-state index contributed by atoms with van der Waals surface area (Å²) in [5, 5.41) is 9.23. The molecule has 216 valence electrons. The van der Waals surface area contributed by atoms with E-state index < -0.39 is 53.6 Å². The summed E-state index contributed by atoms with van der Waals surface area (Å²) in [6, 6.07) is 14.6. The number of H-pyrrole nitrogens is 1. The molecule has 0 fully saturated rings. The molecule has 1 aromatic heterocycles. The van der Waals surface area contributed by atoms with Crippen LogP contribution < -0.4 is 27.4 Å². The molecule has 2 aromatic carbocycles. The molecule has 1 aliphatic carbocycles. The van der Waals surface area contributed by atoms with E-state index in [0.717, 1.165) is 27.7 Å². The number of aryl methyl sites for hydroxylation is 1. The van der Waals surface area contributed by atoms with Gasteiger partial charge in [0.25, 0.3) is 0 Å². The molecule has 1 aliphatic rings. The average Bonchev–Trinajstić information content (AvgIpc) is 3.28. The van der Waals surface area contributed by atoms with Crippen LogP contribution in [-0.2, 0) is 43.2 Å². The second kappa shape index (κ2) is 12.2. The number of aromatic nitrogens is 1. The molecule has 0 radical (unpaired) electrons. The lowest BCUT2D eigenvalue weighted by atomic mass is 9.78. The molecule has 3 atom stereocenters. The van der Waals surface area contributed by atoms with Gasteiger partial charge in [-0.2, -0.15) is 0 Å². The molecule has 0 saturated heterocycles. The van der Waals surface area contributed by atoms with Gasteiger partial charge in [-0.15, -0.1) is 0 Å². The van der Waals surface area contributed by atoms with E-state index in [1.807, 2.05) is 54.6 Å². The fourth-order valence-electron chi connectivity index (χ4n) is 5.35. The maximum atomic E-state index is 14.1. The summed E-state index contributed by atoms with van der Waals surface area (Å²) in [6.45, 7) is 3.47. The van der Waals surface area contributed by atoms with Gasteiger partial charge in [0.1, 0.15) is 17.6 Å². The monoisotopic (exact) mass is 560 g/mol. The van der Waals surface area contributed by atoms with Crippen molar-refractivity contribution in [3.63, 3.8) is 0 Å². The number of aromatic amines is 1. The average molecular weight is 561 g/mol. The number of hydrogen-bond acceptors (Lipinski definition) is 5. The van der Waals surface area contributed by atoms with Crippen molar-refractivity contribution in [2.24, 2.45) is 17.4 Å². The second-order valence-corrected chi connectivity index (χ2v) is 10.9. The van der Waals surface area contributed by atoms with Crippen LogP contribution in [0.5, 0.6) is 0 Å². The smallest absolute Gasteiger partial charge is 0.246 e. The Morgan fingerprint density at radius 3 is 2.29 bits per heavy atom. The first-order valence-corrected chi connectivity index (χ1v) is 13.6. The van der Waals surface area contributed by atoms with Crippen molar-refractivity contribution >= 4 is 40.4 Å². The summed E-state index contributed by atoms with van der Waals surface area (Å²) in [6.07, 6.45) is 0.638. The van der Waals surface area contributed by atoms with Crippen molar-refractivity contribution in [2.75, 3.05) is 0 Å². The number of benzene rings is 2. The zero-order chi connectivity index (χ0) is 29.7. The minimum Gasteiger partial charge on any atom is -0.370 e.